The highest BCUT2D eigenvalue weighted by molar-refractivity contribution is 5.80. The van der Waals surface area contributed by atoms with E-state index in [1.165, 1.54) is 6.42 Å². The van der Waals surface area contributed by atoms with Gasteiger partial charge in [0.05, 0.1) is 0 Å². The molecule has 0 aromatic rings. The Labute approximate surface area is 86.4 Å². The number of nitrogens with zero attached hydrogens (tertiary/aromatic N) is 1. The molecule has 1 aliphatic rings. The van der Waals surface area contributed by atoms with Crippen LogP contribution in [-0.4, -0.2) is 36.6 Å². The minimum atomic E-state index is -0.303. The first kappa shape index (κ1) is 11.5. The number of methoxy groups -OCH3 is 1. The molecule has 0 N–H and O–H groups in total. The van der Waals surface area contributed by atoms with Gasteiger partial charge in [-0.05, 0) is 32.6 Å². The number of likely N-dealkylation sites (tertiary alicyclic amines) is 1. The summed E-state index contributed by atoms with van der Waals surface area (Å²) in [5, 5.41) is 0. The molecule has 0 saturated carbocycles. The molecule has 3 nitrogen and oxygen atoms in total. The Bertz CT molecular complexity index is 205. The Morgan fingerprint density at radius 2 is 2.14 bits per heavy atom. The largest absolute Gasteiger partial charge is 0.372 e. The third kappa shape index (κ3) is 2.27. The van der Waals surface area contributed by atoms with E-state index in [1.54, 1.807) is 7.11 Å². The summed E-state index contributed by atoms with van der Waals surface area (Å²) in [6, 6.07) is 0.355. The Hall–Kier alpha value is -0.570. The monoisotopic (exact) mass is 199 g/mol. The molecule has 0 aromatic carbocycles. The molecule has 0 aromatic heterocycles. The maximum Gasteiger partial charge on any atom is 0.251 e. The highest BCUT2D eigenvalue weighted by Crippen LogP contribution is 2.23. The molecule has 14 heavy (non-hydrogen) atoms. The van der Waals surface area contributed by atoms with Gasteiger partial charge in [0, 0.05) is 19.7 Å². The van der Waals surface area contributed by atoms with Gasteiger partial charge in [0.2, 0.25) is 0 Å². The highest BCUT2D eigenvalue weighted by Gasteiger charge is 2.30. The summed E-state index contributed by atoms with van der Waals surface area (Å²) >= 11 is 0. The van der Waals surface area contributed by atoms with E-state index in [-0.39, 0.29) is 12.0 Å². The quantitative estimate of drug-likeness (QED) is 0.677. The fourth-order valence-corrected chi connectivity index (χ4v) is 1.98. The van der Waals surface area contributed by atoms with E-state index in [0.29, 0.717) is 12.0 Å². The normalized spacial score (nSPS) is 30.1. The van der Waals surface area contributed by atoms with Gasteiger partial charge in [-0.25, -0.2) is 0 Å². The Morgan fingerprint density at radius 1 is 1.50 bits per heavy atom. The number of amides is 1. The van der Waals surface area contributed by atoms with Crippen molar-refractivity contribution in [2.24, 2.45) is 5.92 Å². The van der Waals surface area contributed by atoms with Crippen LogP contribution in [0.25, 0.3) is 0 Å². The number of carbonyl (C=O) groups is 1. The number of piperidine rings is 1. The molecule has 0 bridgehead atoms. The third-order valence-electron chi connectivity index (χ3n) is 3.36. The Kier molecular flexibility index (Phi) is 3.93. The van der Waals surface area contributed by atoms with Gasteiger partial charge in [-0.3, -0.25) is 4.79 Å². The lowest BCUT2D eigenvalue weighted by atomic mass is 9.92. The summed E-state index contributed by atoms with van der Waals surface area (Å²) in [5.74, 6) is 0.739. The minimum absolute atomic E-state index is 0.131. The van der Waals surface area contributed by atoms with Crippen LogP contribution >= 0.6 is 0 Å². The second kappa shape index (κ2) is 4.78. The van der Waals surface area contributed by atoms with E-state index in [4.69, 9.17) is 4.74 Å². The zero-order chi connectivity index (χ0) is 10.7. The van der Waals surface area contributed by atoms with Crippen LogP contribution in [0.4, 0.5) is 0 Å². The summed E-state index contributed by atoms with van der Waals surface area (Å²) in [6.07, 6.45) is 2.04. The Balaban J connectivity index is 2.62. The van der Waals surface area contributed by atoms with E-state index in [0.717, 1.165) is 13.0 Å². The molecule has 0 radical (unpaired) electrons. The smallest absolute Gasteiger partial charge is 0.251 e. The van der Waals surface area contributed by atoms with Gasteiger partial charge in [0.25, 0.3) is 5.91 Å². The molecular formula is C11H21NO2. The molecule has 3 heteroatoms. The van der Waals surface area contributed by atoms with Crippen molar-refractivity contribution >= 4 is 5.91 Å². The summed E-state index contributed by atoms with van der Waals surface area (Å²) < 4.78 is 5.06. The number of hydrogen-bond acceptors (Lipinski definition) is 2. The molecule has 3 atom stereocenters. The van der Waals surface area contributed by atoms with Crippen LogP contribution < -0.4 is 0 Å². The standard InChI is InChI=1S/C11H21NO2/c1-8-6-5-7-12(9(8)2)11(13)10(3)14-4/h8-10H,5-7H2,1-4H3. The van der Waals surface area contributed by atoms with Crippen molar-refractivity contribution in [1.29, 1.82) is 0 Å². The molecule has 0 spiro atoms. The average molecular weight is 199 g/mol. The predicted octanol–water partition coefficient (Wildman–Crippen LogP) is 1.67. The van der Waals surface area contributed by atoms with Crippen LogP contribution in [0.15, 0.2) is 0 Å². The van der Waals surface area contributed by atoms with Crippen LogP contribution in [0.2, 0.25) is 0 Å². The van der Waals surface area contributed by atoms with Crippen molar-refractivity contribution in [2.45, 2.75) is 45.8 Å². The first-order chi connectivity index (χ1) is 6.57. The SMILES string of the molecule is COC(C)C(=O)N1CCCC(C)C1C. The summed E-state index contributed by atoms with van der Waals surface area (Å²) in [4.78, 5) is 13.8. The number of hydrogen-bond donors (Lipinski definition) is 0. The first-order valence-corrected chi connectivity index (χ1v) is 5.41. The maximum atomic E-state index is 11.9. The Morgan fingerprint density at radius 3 is 2.71 bits per heavy atom. The molecule has 1 aliphatic heterocycles. The van der Waals surface area contributed by atoms with Crippen LogP contribution in [0.5, 0.6) is 0 Å². The average Bonchev–Trinajstić information content (AvgIpc) is 2.20. The molecular weight excluding hydrogens is 178 g/mol. The topological polar surface area (TPSA) is 29.5 Å². The fourth-order valence-electron chi connectivity index (χ4n) is 1.98. The molecule has 1 saturated heterocycles. The van der Waals surface area contributed by atoms with Crippen LogP contribution in [-0.2, 0) is 9.53 Å². The van der Waals surface area contributed by atoms with Gasteiger partial charge < -0.3 is 9.64 Å². The second-order valence-electron chi connectivity index (χ2n) is 4.27. The lowest BCUT2D eigenvalue weighted by Gasteiger charge is -2.39. The van der Waals surface area contributed by atoms with Crippen molar-refractivity contribution in [3.63, 3.8) is 0 Å². The van der Waals surface area contributed by atoms with E-state index >= 15 is 0 Å². The molecule has 0 aliphatic carbocycles. The van der Waals surface area contributed by atoms with Crippen molar-refractivity contribution in [1.82, 2.24) is 4.90 Å². The summed E-state index contributed by atoms with van der Waals surface area (Å²) in [6.45, 7) is 7.04. The second-order valence-corrected chi connectivity index (χ2v) is 4.27. The van der Waals surface area contributed by atoms with Gasteiger partial charge in [-0.15, -0.1) is 0 Å². The van der Waals surface area contributed by atoms with Gasteiger partial charge in [-0.1, -0.05) is 6.92 Å². The molecule has 1 amide bonds. The van der Waals surface area contributed by atoms with Crippen molar-refractivity contribution in [3.05, 3.63) is 0 Å². The van der Waals surface area contributed by atoms with Gasteiger partial charge in [0.1, 0.15) is 6.10 Å². The summed E-state index contributed by atoms with van der Waals surface area (Å²) in [7, 11) is 1.58. The third-order valence-corrected chi connectivity index (χ3v) is 3.36. The fraction of sp³-hybridized carbons (Fsp3) is 0.909. The maximum absolute atomic E-state index is 11.9. The molecule has 3 unspecified atom stereocenters. The van der Waals surface area contributed by atoms with E-state index in [9.17, 15) is 4.79 Å². The first-order valence-electron chi connectivity index (χ1n) is 5.41. The number of carbonyl (C=O) groups excluding carboxylic acids is 1. The summed E-state index contributed by atoms with van der Waals surface area (Å²) in [5.41, 5.74) is 0. The van der Waals surface area contributed by atoms with E-state index < -0.39 is 0 Å². The van der Waals surface area contributed by atoms with E-state index in [1.807, 2.05) is 11.8 Å². The minimum Gasteiger partial charge on any atom is -0.372 e. The molecule has 82 valence electrons. The zero-order valence-corrected chi connectivity index (χ0v) is 9.62. The number of rotatable bonds is 2. The van der Waals surface area contributed by atoms with Gasteiger partial charge >= 0.3 is 0 Å². The molecule has 1 fully saturated rings. The number of ether oxygens (including phenoxy) is 1. The zero-order valence-electron chi connectivity index (χ0n) is 9.62. The van der Waals surface area contributed by atoms with Crippen molar-refractivity contribution in [2.75, 3.05) is 13.7 Å². The van der Waals surface area contributed by atoms with Crippen LogP contribution in [0, 0.1) is 5.92 Å². The molecule has 1 heterocycles. The van der Waals surface area contributed by atoms with Crippen molar-refractivity contribution < 1.29 is 9.53 Å². The van der Waals surface area contributed by atoms with Gasteiger partial charge in [0.15, 0.2) is 0 Å². The van der Waals surface area contributed by atoms with Crippen LogP contribution in [0.1, 0.15) is 33.6 Å². The highest BCUT2D eigenvalue weighted by atomic mass is 16.5. The predicted molar refractivity (Wildman–Crippen MR) is 56.0 cm³/mol. The van der Waals surface area contributed by atoms with Gasteiger partial charge in [-0.2, -0.15) is 0 Å². The van der Waals surface area contributed by atoms with E-state index in [2.05, 4.69) is 13.8 Å². The van der Waals surface area contributed by atoms with Crippen molar-refractivity contribution in [3.8, 4) is 0 Å². The van der Waals surface area contributed by atoms with Crippen LogP contribution in [0.3, 0.4) is 0 Å². The lowest BCUT2D eigenvalue weighted by molar-refractivity contribution is -0.145. The lowest BCUT2D eigenvalue weighted by Crippen LogP contribution is -2.49. The molecule has 1 rings (SSSR count).